The molecule has 2 aromatic rings. The molecule has 152 valence electrons. The number of halogens is 1. The highest BCUT2D eigenvalue weighted by molar-refractivity contribution is 9.10. The molecule has 2 heterocycles. The van der Waals surface area contributed by atoms with Gasteiger partial charge in [0.2, 0.25) is 15.9 Å². The van der Waals surface area contributed by atoms with Gasteiger partial charge < -0.3 is 5.32 Å². The van der Waals surface area contributed by atoms with E-state index in [1.165, 1.54) is 4.31 Å². The number of piperidine rings is 1. The molecule has 1 atom stereocenters. The number of rotatable bonds is 7. The number of nitrogens with zero attached hydrogens (tertiary/aromatic N) is 3. The average molecular weight is 469 g/mol. The van der Waals surface area contributed by atoms with Crippen molar-refractivity contribution in [1.29, 1.82) is 0 Å². The van der Waals surface area contributed by atoms with Crippen molar-refractivity contribution >= 4 is 37.7 Å². The van der Waals surface area contributed by atoms with Crippen LogP contribution in [-0.4, -0.2) is 47.3 Å². The minimum atomic E-state index is -3.28. The molecule has 9 heteroatoms. The number of benzene rings is 1. The first-order chi connectivity index (χ1) is 13.4. The van der Waals surface area contributed by atoms with E-state index in [1.54, 1.807) is 16.9 Å². The Bertz CT molecular complexity index is 912. The molecule has 1 aliphatic rings. The summed E-state index contributed by atoms with van der Waals surface area (Å²) in [6.45, 7) is 3.12. The van der Waals surface area contributed by atoms with Crippen LogP contribution in [0.2, 0.25) is 0 Å². The molecule has 0 bridgehead atoms. The predicted octanol–water partition coefficient (Wildman–Crippen LogP) is 3.08. The summed E-state index contributed by atoms with van der Waals surface area (Å²) in [5.41, 5.74) is 1.07. The van der Waals surface area contributed by atoms with Gasteiger partial charge in [0.25, 0.3) is 0 Å². The summed E-state index contributed by atoms with van der Waals surface area (Å²) in [7, 11) is -3.28. The van der Waals surface area contributed by atoms with E-state index in [0.717, 1.165) is 10.0 Å². The standard InChI is InChI=1S/C19H25BrN4O3S/c1-2-12-28(26,27)23-11-3-4-16(14-23)19(25)22-18-9-10-21-24(18)13-15-5-7-17(20)8-6-15/h5-10,16H,2-4,11-14H2,1H3,(H,22,25). The molecule has 28 heavy (non-hydrogen) atoms. The van der Waals surface area contributed by atoms with Gasteiger partial charge in [0.05, 0.1) is 24.4 Å². The number of carbonyl (C=O) groups excluding carboxylic acids is 1. The normalized spacial score (nSPS) is 18.1. The lowest BCUT2D eigenvalue weighted by Crippen LogP contribution is -2.44. The number of carbonyl (C=O) groups is 1. The molecular weight excluding hydrogens is 444 g/mol. The average Bonchev–Trinajstić information content (AvgIpc) is 3.10. The van der Waals surface area contributed by atoms with Crippen LogP contribution in [-0.2, 0) is 21.4 Å². The number of hydrogen-bond donors (Lipinski definition) is 1. The fourth-order valence-electron chi connectivity index (χ4n) is 3.35. The zero-order valence-electron chi connectivity index (χ0n) is 15.8. The number of sulfonamides is 1. The third-order valence-electron chi connectivity index (χ3n) is 4.82. The van der Waals surface area contributed by atoms with E-state index in [9.17, 15) is 13.2 Å². The van der Waals surface area contributed by atoms with Crippen molar-refractivity contribution in [2.24, 2.45) is 5.92 Å². The number of aromatic nitrogens is 2. The minimum absolute atomic E-state index is 0.126. The van der Waals surface area contributed by atoms with Crippen LogP contribution < -0.4 is 5.32 Å². The molecule has 1 N–H and O–H groups in total. The summed E-state index contributed by atoms with van der Waals surface area (Å²) in [4.78, 5) is 12.8. The first kappa shape index (κ1) is 21.0. The molecule has 1 aliphatic heterocycles. The third-order valence-corrected chi connectivity index (χ3v) is 7.40. The SMILES string of the molecule is CCCS(=O)(=O)N1CCCC(C(=O)Nc2ccnn2Cc2ccc(Br)cc2)C1. The van der Waals surface area contributed by atoms with Crippen LogP contribution in [0.25, 0.3) is 0 Å². The molecule has 0 saturated carbocycles. The van der Waals surface area contributed by atoms with Crippen LogP contribution >= 0.6 is 15.9 Å². The topological polar surface area (TPSA) is 84.3 Å². The highest BCUT2D eigenvalue weighted by Crippen LogP contribution is 2.22. The van der Waals surface area contributed by atoms with Gasteiger partial charge in [-0.2, -0.15) is 5.10 Å². The van der Waals surface area contributed by atoms with Crippen molar-refractivity contribution in [3.8, 4) is 0 Å². The highest BCUT2D eigenvalue weighted by atomic mass is 79.9. The van der Waals surface area contributed by atoms with E-state index < -0.39 is 10.0 Å². The van der Waals surface area contributed by atoms with E-state index >= 15 is 0 Å². The second-order valence-corrected chi connectivity index (χ2v) is 10.0. The molecule has 1 saturated heterocycles. The Morgan fingerprint density at radius 1 is 1.29 bits per heavy atom. The van der Waals surface area contributed by atoms with E-state index in [0.29, 0.717) is 38.2 Å². The Morgan fingerprint density at radius 3 is 2.75 bits per heavy atom. The molecule has 1 aromatic carbocycles. The van der Waals surface area contributed by atoms with E-state index in [-0.39, 0.29) is 24.1 Å². The Balaban J connectivity index is 1.65. The number of amides is 1. The summed E-state index contributed by atoms with van der Waals surface area (Å²) in [6.07, 6.45) is 3.60. The van der Waals surface area contributed by atoms with Crippen molar-refractivity contribution < 1.29 is 13.2 Å². The molecule has 0 spiro atoms. The third kappa shape index (κ3) is 5.21. The monoisotopic (exact) mass is 468 g/mol. The molecule has 3 rings (SSSR count). The Morgan fingerprint density at radius 2 is 2.04 bits per heavy atom. The molecule has 1 amide bonds. The molecule has 7 nitrogen and oxygen atoms in total. The van der Waals surface area contributed by atoms with Crippen molar-refractivity contribution in [3.05, 3.63) is 46.6 Å². The fraction of sp³-hybridized carbons (Fsp3) is 0.474. The molecule has 1 unspecified atom stereocenters. The van der Waals surface area contributed by atoms with Gasteiger partial charge in [-0.3, -0.25) is 4.79 Å². The predicted molar refractivity (Wildman–Crippen MR) is 112 cm³/mol. The van der Waals surface area contributed by atoms with E-state index in [1.807, 2.05) is 31.2 Å². The van der Waals surface area contributed by atoms with E-state index in [4.69, 9.17) is 0 Å². The zero-order valence-corrected chi connectivity index (χ0v) is 18.2. The van der Waals surface area contributed by atoms with Crippen LogP contribution in [0.3, 0.4) is 0 Å². The van der Waals surface area contributed by atoms with Gasteiger partial charge in [-0.25, -0.2) is 17.4 Å². The van der Waals surface area contributed by atoms with Crippen molar-refractivity contribution in [1.82, 2.24) is 14.1 Å². The summed E-state index contributed by atoms with van der Waals surface area (Å²) in [6, 6.07) is 9.67. The molecule has 0 aliphatic carbocycles. The Kier molecular flexibility index (Phi) is 6.90. The number of nitrogens with one attached hydrogen (secondary N) is 1. The number of anilines is 1. The van der Waals surface area contributed by atoms with Crippen LogP contribution in [0.1, 0.15) is 31.7 Å². The van der Waals surface area contributed by atoms with Gasteiger partial charge >= 0.3 is 0 Å². The Hall–Kier alpha value is -1.71. The van der Waals surface area contributed by atoms with Crippen molar-refractivity contribution in [3.63, 3.8) is 0 Å². The molecular formula is C19H25BrN4O3S. The zero-order chi connectivity index (χ0) is 20.1. The lowest BCUT2D eigenvalue weighted by atomic mass is 9.99. The largest absolute Gasteiger partial charge is 0.311 e. The summed E-state index contributed by atoms with van der Waals surface area (Å²) >= 11 is 3.42. The molecule has 1 fully saturated rings. The van der Waals surface area contributed by atoms with Crippen LogP contribution in [0.15, 0.2) is 41.0 Å². The lowest BCUT2D eigenvalue weighted by Gasteiger charge is -2.31. The maximum Gasteiger partial charge on any atom is 0.229 e. The minimum Gasteiger partial charge on any atom is -0.311 e. The maximum atomic E-state index is 12.8. The van der Waals surface area contributed by atoms with Gasteiger partial charge in [0.1, 0.15) is 5.82 Å². The first-order valence-corrected chi connectivity index (χ1v) is 11.8. The fourth-order valence-corrected chi connectivity index (χ4v) is 5.20. The Labute approximate surface area is 174 Å². The van der Waals surface area contributed by atoms with Crippen LogP contribution in [0, 0.1) is 5.92 Å². The molecule has 1 aromatic heterocycles. The van der Waals surface area contributed by atoms with E-state index in [2.05, 4.69) is 26.3 Å². The maximum absolute atomic E-state index is 12.8. The van der Waals surface area contributed by atoms with Gasteiger partial charge in [-0.1, -0.05) is 35.0 Å². The quantitative estimate of drug-likeness (QED) is 0.676. The van der Waals surface area contributed by atoms with Crippen LogP contribution in [0.5, 0.6) is 0 Å². The smallest absolute Gasteiger partial charge is 0.229 e. The summed E-state index contributed by atoms with van der Waals surface area (Å²) < 4.78 is 28.9. The summed E-state index contributed by atoms with van der Waals surface area (Å²) in [5, 5.41) is 7.22. The van der Waals surface area contributed by atoms with Gasteiger partial charge in [-0.15, -0.1) is 0 Å². The van der Waals surface area contributed by atoms with Gasteiger partial charge in [0, 0.05) is 23.6 Å². The lowest BCUT2D eigenvalue weighted by molar-refractivity contribution is -0.120. The van der Waals surface area contributed by atoms with Crippen molar-refractivity contribution in [2.45, 2.75) is 32.7 Å². The highest BCUT2D eigenvalue weighted by Gasteiger charge is 2.32. The van der Waals surface area contributed by atoms with Gasteiger partial charge in [-0.05, 0) is 37.0 Å². The van der Waals surface area contributed by atoms with Crippen molar-refractivity contribution in [2.75, 3.05) is 24.2 Å². The molecule has 0 radical (unpaired) electrons. The van der Waals surface area contributed by atoms with Crippen LogP contribution in [0.4, 0.5) is 5.82 Å². The first-order valence-electron chi connectivity index (χ1n) is 9.44. The van der Waals surface area contributed by atoms with Gasteiger partial charge in [0.15, 0.2) is 0 Å². The second-order valence-electron chi connectivity index (χ2n) is 7.00. The number of hydrogen-bond acceptors (Lipinski definition) is 4. The second kappa shape index (κ2) is 9.19. The summed E-state index contributed by atoms with van der Waals surface area (Å²) in [5.74, 6) is 0.230.